The molecular weight excluding hydrogens is 126 g/mol. The number of likely N-dealkylation sites (N-methyl/N-ethyl adjacent to an activating group) is 1. The molecule has 3 aliphatic heterocycles. The lowest BCUT2D eigenvalue weighted by Gasteiger charge is -2.53. The van der Waals surface area contributed by atoms with E-state index in [1.165, 1.54) is 26.1 Å². The molecule has 0 radical (unpaired) electrons. The first-order valence-corrected chi connectivity index (χ1v) is 4.06. The molecule has 58 valence electrons. The van der Waals surface area contributed by atoms with E-state index in [1.807, 2.05) is 5.01 Å². The molecule has 0 aromatic heterocycles. The summed E-state index contributed by atoms with van der Waals surface area (Å²) in [7, 11) is 0. The summed E-state index contributed by atoms with van der Waals surface area (Å²) in [5, 5.41) is 2.02. The fourth-order valence-electron chi connectivity index (χ4n) is 1.98. The van der Waals surface area contributed by atoms with Crippen LogP contribution in [0.25, 0.3) is 0 Å². The summed E-state index contributed by atoms with van der Waals surface area (Å²) in [5.41, 5.74) is 0. The Morgan fingerprint density at radius 2 is 2.00 bits per heavy atom. The molecule has 3 heteroatoms. The molecule has 10 heavy (non-hydrogen) atoms. The van der Waals surface area contributed by atoms with E-state index < -0.39 is 0 Å². The van der Waals surface area contributed by atoms with Crippen molar-refractivity contribution < 1.29 is 0 Å². The van der Waals surface area contributed by atoms with Crippen molar-refractivity contribution in [1.29, 1.82) is 0 Å². The van der Waals surface area contributed by atoms with Gasteiger partial charge in [0, 0.05) is 25.2 Å². The van der Waals surface area contributed by atoms with Crippen LogP contribution >= 0.6 is 0 Å². The van der Waals surface area contributed by atoms with Crippen LogP contribution in [0.2, 0.25) is 0 Å². The molecule has 2 atom stereocenters. The van der Waals surface area contributed by atoms with Crippen LogP contribution in [0.5, 0.6) is 0 Å². The standard InChI is InChI=1S/C7H15N3/c1-2-9-4-6-3-7(5-9)10(6)8/h6-7H,2-5,8H2,1H3. The molecule has 3 nitrogen and oxygen atoms in total. The van der Waals surface area contributed by atoms with Crippen molar-refractivity contribution in [3.05, 3.63) is 0 Å². The molecule has 0 spiro atoms. The second-order valence-corrected chi connectivity index (χ2v) is 3.34. The van der Waals surface area contributed by atoms with Gasteiger partial charge in [0.25, 0.3) is 0 Å². The predicted molar refractivity (Wildman–Crippen MR) is 40.3 cm³/mol. The summed E-state index contributed by atoms with van der Waals surface area (Å²) in [6.45, 7) is 5.76. The monoisotopic (exact) mass is 141 g/mol. The molecule has 3 fully saturated rings. The Morgan fingerprint density at radius 3 is 2.40 bits per heavy atom. The topological polar surface area (TPSA) is 32.5 Å². The molecule has 0 amide bonds. The molecule has 3 aliphatic rings. The largest absolute Gasteiger partial charge is 0.300 e. The molecule has 0 saturated carbocycles. The summed E-state index contributed by atoms with van der Waals surface area (Å²) in [4.78, 5) is 2.47. The molecule has 2 unspecified atom stereocenters. The Balaban J connectivity index is 1.93. The van der Waals surface area contributed by atoms with E-state index in [1.54, 1.807) is 0 Å². The first kappa shape index (κ1) is 6.58. The van der Waals surface area contributed by atoms with Gasteiger partial charge in [0.1, 0.15) is 0 Å². The fraction of sp³-hybridized carbons (Fsp3) is 1.00. The molecule has 0 aromatic rings. The van der Waals surface area contributed by atoms with Crippen LogP contribution in [-0.4, -0.2) is 41.6 Å². The van der Waals surface area contributed by atoms with Gasteiger partial charge in [-0.2, -0.15) is 0 Å². The minimum absolute atomic E-state index is 0.665. The normalized spacial score (nSPS) is 41.4. The Labute approximate surface area is 61.7 Å². The zero-order valence-corrected chi connectivity index (χ0v) is 6.45. The lowest BCUT2D eigenvalue weighted by atomic mass is 9.90. The van der Waals surface area contributed by atoms with Gasteiger partial charge in [-0.15, -0.1) is 0 Å². The smallest absolute Gasteiger partial charge is 0.0388 e. The minimum atomic E-state index is 0.665. The van der Waals surface area contributed by atoms with Crippen molar-refractivity contribution in [2.45, 2.75) is 25.4 Å². The quantitative estimate of drug-likeness (QED) is 0.506. The number of piperazine rings is 1. The molecular formula is C7H15N3. The van der Waals surface area contributed by atoms with Crippen LogP contribution in [0.1, 0.15) is 13.3 Å². The number of rotatable bonds is 1. The van der Waals surface area contributed by atoms with Gasteiger partial charge in [-0.05, 0) is 13.0 Å². The van der Waals surface area contributed by atoms with Crippen molar-refractivity contribution in [3.63, 3.8) is 0 Å². The highest BCUT2D eigenvalue weighted by Crippen LogP contribution is 2.28. The van der Waals surface area contributed by atoms with Crippen LogP contribution in [-0.2, 0) is 0 Å². The van der Waals surface area contributed by atoms with Crippen LogP contribution < -0.4 is 5.84 Å². The Morgan fingerprint density at radius 1 is 1.40 bits per heavy atom. The van der Waals surface area contributed by atoms with Crippen LogP contribution in [0, 0.1) is 0 Å². The van der Waals surface area contributed by atoms with Crippen molar-refractivity contribution in [3.8, 4) is 0 Å². The van der Waals surface area contributed by atoms with E-state index >= 15 is 0 Å². The van der Waals surface area contributed by atoms with Gasteiger partial charge < -0.3 is 4.90 Å². The first-order valence-electron chi connectivity index (χ1n) is 4.06. The van der Waals surface area contributed by atoms with Crippen molar-refractivity contribution >= 4 is 0 Å². The van der Waals surface area contributed by atoms with Gasteiger partial charge in [0.05, 0.1) is 0 Å². The van der Waals surface area contributed by atoms with E-state index in [-0.39, 0.29) is 0 Å². The average Bonchev–Trinajstić information content (AvgIpc) is 2.04. The Bertz CT molecular complexity index is 125. The fourth-order valence-corrected chi connectivity index (χ4v) is 1.98. The van der Waals surface area contributed by atoms with E-state index in [2.05, 4.69) is 11.8 Å². The number of hydrazine groups is 1. The molecule has 3 saturated heterocycles. The first-order chi connectivity index (χ1) is 4.81. The molecule has 2 bridgehead atoms. The predicted octanol–water partition coefficient (Wildman–Crippen LogP) is -0.361. The molecule has 3 rings (SSSR count). The molecule has 0 aliphatic carbocycles. The number of nitrogens with two attached hydrogens (primary N) is 1. The van der Waals surface area contributed by atoms with Gasteiger partial charge >= 0.3 is 0 Å². The lowest BCUT2D eigenvalue weighted by Crippen LogP contribution is -2.70. The third kappa shape index (κ3) is 0.779. The second-order valence-electron chi connectivity index (χ2n) is 3.34. The number of hydrogen-bond acceptors (Lipinski definition) is 3. The van der Waals surface area contributed by atoms with E-state index in [9.17, 15) is 0 Å². The molecule has 2 N–H and O–H groups in total. The van der Waals surface area contributed by atoms with Gasteiger partial charge in [0.2, 0.25) is 0 Å². The van der Waals surface area contributed by atoms with E-state index in [4.69, 9.17) is 5.84 Å². The number of fused-ring (bicyclic) bond motifs is 2. The van der Waals surface area contributed by atoms with Gasteiger partial charge in [-0.1, -0.05) is 6.92 Å². The van der Waals surface area contributed by atoms with Crippen molar-refractivity contribution in [2.75, 3.05) is 19.6 Å². The van der Waals surface area contributed by atoms with E-state index in [0.29, 0.717) is 12.1 Å². The number of nitrogens with zero attached hydrogens (tertiary/aromatic N) is 2. The number of hydrogen-bond donors (Lipinski definition) is 1. The zero-order chi connectivity index (χ0) is 7.14. The highest BCUT2D eigenvalue weighted by atomic mass is 15.5. The second kappa shape index (κ2) is 2.19. The summed E-state index contributed by atoms with van der Waals surface area (Å²) >= 11 is 0. The average molecular weight is 141 g/mol. The summed E-state index contributed by atoms with van der Waals surface area (Å²) in [6.07, 6.45) is 1.33. The van der Waals surface area contributed by atoms with Crippen LogP contribution in [0.4, 0.5) is 0 Å². The zero-order valence-electron chi connectivity index (χ0n) is 6.45. The Kier molecular flexibility index (Phi) is 1.44. The maximum Gasteiger partial charge on any atom is 0.0388 e. The van der Waals surface area contributed by atoms with Crippen LogP contribution in [0.3, 0.4) is 0 Å². The third-order valence-corrected chi connectivity index (χ3v) is 2.77. The molecule has 0 aromatic carbocycles. The summed E-state index contributed by atoms with van der Waals surface area (Å²) in [6, 6.07) is 1.33. The van der Waals surface area contributed by atoms with Crippen LogP contribution in [0.15, 0.2) is 0 Å². The maximum absolute atomic E-state index is 5.75. The summed E-state index contributed by atoms with van der Waals surface area (Å²) in [5.74, 6) is 5.75. The molecule has 3 heterocycles. The van der Waals surface area contributed by atoms with Crippen molar-refractivity contribution in [2.24, 2.45) is 5.84 Å². The van der Waals surface area contributed by atoms with Crippen molar-refractivity contribution in [1.82, 2.24) is 9.91 Å². The highest BCUT2D eigenvalue weighted by Gasteiger charge is 2.42. The number of piperidine rings is 1. The lowest BCUT2D eigenvalue weighted by molar-refractivity contribution is -0.0684. The van der Waals surface area contributed by atoms with E-state index in [0.717, 1.165) is 0 Å². The summed E-state index contributed by atoms with van der Waals surface area (Å²) < 4.78 is 0. The highest BCUT2D eigenvalue weighted by molar-refractivity contribution is 4.97. The third-order valence-electron chi connectivity index (χ3n) is 2.77. The maximum atomic E-state index is 5.75. The SMILES string of the molecule is CCN1CC2CC(C1)N2N. The van der Waals surface area contributed by atoms with Gasteiger partial charge in [0.15, 0.2) is 0 Å². The van der Waals surface area contributed by atoms with Gasteiger partial charge in [-0.25, -0.2) is 5.01 Å². The minimum Gasteiger partial charge on any atom is -0.300 e. The van der Waals surface area contributed by atoms with Gasteiger partial charge in [-0.3, -0.25) is 5.84 Å². The Hall–Kier alpha value is -0.120.